The molecular weight excluding hydrogens is 276 g/mol. The molecule has 5 heteroatoms. The molecule has 3 rings (SSSR count). The molecule has 0 spiro atoms. The van der Waals surface area contributed by atoms with Crippen LogP contribution in [-0.4, -0.2) is 21.2 Å². The smallest absolute Gasteiger partial charge is 0.339 e. The molecule has 0 aliphatic carbocycles. The lowest BCUT2D eigenvalue weighted by molar-refractivity contribution is -0.669. The Labute approximate surface area is 120 Å². The van der Waals surface area contributed by atoms with Crippen molar-refractivity contribution in [3.8, 4) is 5.88 Å². The number of hydrogen-bond donors (Lipinski definition) is 1. The molecule has 2 heterocycles. The van der Waals surface area contributed by atoms with E-state index in [0.717, 1.165) is 16.6 Å². The van der Waals surface area contributed by atoms with Gasteiger partial charge in [-0.25, -0.2) is 4.57 Å². The van der Waals surface area contributed by atoms with E-state index >= 15 is 0 Å². The lowest BCUT2D eigenvalue weighted by Crippen LogP contribution is -2.37. The van der Waals surface area contributed by atoms with Gasteiger partial charge >= 0.3 is 5.88 Å². The number of carbonyl (C=O) groups excluding carboxylic acids is 1. The minimum absolute atomic E-state index is 0.0475. The van der Waals surface area contributed by atoms with Crippen LogP contribution in [0.2, 0.25) is 0 Å². The summed E-state index contributed by atoms with van der Waals surface area (Å²) in [4.78, 5) is 12.0. The third-order valence-corrected chi connectivity index (χ3v) is 3.72. The summed E-state index contributed by atoms with van der Waals surface area (Å²) in [5.41, 5.74) is 1.92. The van der Waals surface area contributed by atoms with Crippen molar-refractivity contribution in [2.24, 2.45) is 0 Å². The monoisotopic (exact) mass is 289 g/mol. The van der Waals surface area contributed by atoms with Crippen LogP contribution in [0.25, 0.3) is 16.6 Å². The van der Waals surface area contributed by atoms with Crippen molar-refractivity contribution in [1.82, 2.24) is 4.40 Å². The second kappa shape index (κ2) is 4.80. The van der Waals surface area contributed by atoms with E-state index in [1.54, 1.807) is 8.97 Å². The minimum atomic E-state index is -0.275. The molecule has 0 bridgehead atoms. The molecule has 0 radical (unpaired) electrons. The fraction of sp³-hybridized carbons (Fsp3) is 0.200. The van der Waals surface area contributed by atoms with Crippen molar-refractivity contribution in [2.75, 3.05) is 5.88 Å². The van der Waals surface area contributed by atoms with Crippen molar-refractivity contribution < 1.29 is 14.5 Å². The van der Waals surface area contributed by atoms with Gasteiger partial charge in [-0.2, -0.15) is 4.40 Å². The predicted molar refractivity (Wildman–Crippen MR) is 77.5 cm³/mol. The van der Waals surface area contributed by atoms with Crippen molar-refractivity contribution in [3.05, 3.63) is 42.1 Å². The van der Waals surface area contributed by atoms with Gasteiger partial charge in [-0.15, -0.1) is 11.6 Å². The first-order valence-electron chi connectivity index (χ1n) is 6.43. The summed E-state index contributed by atoms with van der Waals surface area (Å²) in [6.07, 6.45) is 0. The largest absolute Gasteiger partial charge is 0.474 e. The summed E-state index contributed by atoms with van der Waals surface area (Å²) in [6, 6.07) is 11.6. The molecule has 1 aromatic carbocycles. The molecule has 0 atom stereocenters. The number of imidazole rings is 1. The number of fused-ring (bicyclic) bond motifs is 3. The molecule has 2 aromatic heterocycles. The van der Waals surface area contributed by atoms with Crippen molar-refractivity contribution in [3.63, 3.8) is 0 Å². The number of aryl methyl sites for hydroxylation is 1. The molecule has 0 aliphatic heterocycles. The Bertz CT molecular complexity index is 823. The average Bonchev–Trinajstić information content (AvgIpc) is 2.83. The number of nitrogens with zero attached hydrogens (tertiary/aromatic N) is 2. The summed E-state index contributed by atoms with van der Waals surface area (Å²) in [7, 11) is 0. The summed E-state index contributed by atoms with van der Waals surface area (Å²) in [6.45, 7) is 2.52. The lowest BCUT2D eigenvalue weighted by atomic mass is 10.3. The molecule has 0 fully saturated rings. The Balaban J connectivity index is 2.49. The number of rotatable bonds is 3. The number of halogens is 1. The Morgan fingerprint density at radius 3 is 2.80 bits per heavy atom. The van der Waals surface area contributed by atoms with Gasteiger partial charge in [0.05, 0.1) is 12.4 Å². The number of aromatic nitrogens is 2. The van der Waals surface area contributed by atoms with Crippen molar-refractivity contribution in [1.29, 1.82) is 0 Å². The summed E-state index contributed by atoms with van der Waals surface area (Å²) in [5, 5.41) is 11.4. The van der Waals surface area contributed by atoms with Gasteiger partial charge in [0.25, 0.3) is 11.3 Å². The molecule has 102 valence electrons. The van der Waals surface area contributed by atoms with Crippen molar-refractivity contribution >= 4 is 33.9 Å². The summed E-state index contributed by atoms with van der Waals surface area (Å²) < 4.78 is 3.48. The second-order valence-corrected chi connectivity index (χ2v) is 4.83. The van der Waals surface area contributed by atoms with Crippen LogP contribution < -0.4 is 4.57 Å². The van der Waals surface area contributed by atoms with E-state index in [0.29, 0.717) is 6.54 Å². The Morgan fingerprint density at radius 1 is 1.35 bits per heavy atom. The first-order valence-corrected chi connectivity index (χ1v) is 6.96. The fourth-order valence-electron chi connectivity index (χ4n) is 2.63. The maximum absolute atomic E-state index is 12.0. The van der Waals surface area contributed by atoms with E-state index in [2.05, 4.69) is 0 Å². The normalized spacial score (nSPS) is 11.3. The lowest BCUT2D eigenvalue weighted by Gasteiger charge is -1.95. The number of carbonyl (C=O) groups is 1. The van der Waals surface area contributed by atoms with E-state index in [4.69, 9.17) is 11.6 Å². The van der Waals surface area contributed by atoms with Gasteiger partial charge in [0.1, 0.15) is 5.52 Å². The molecule has 0 aliphatic rings. The molecule has 1 N–H and O–H groups in total. The highest BCUT2D eigenvalue weighted by atomic mass is 35.5. The zero-order valence-electron chi connectivity index (χ0n) is 11.0. The standard InChI is InChI=1S/C15H13ClN2O2/c1-2-17-13-8-10-6-4-3-5-7-11(10)18(13)15(20)14(17)12(19)9-16/h3-8H,2,9H2,1H3/p+1. The van der Waals surface area contributed by atoms with Gasteiger partial charge in [-0.3, -0.25) is 4.79 Å². The predicted octanol–water partition coefficient (Wildman–Crippen LogP) is 2.53. The fourth-order valence-corrected chi connectivity index (χ4v) is 2.75. The molecule has 0 saturated carbocycles. The van der Waals surface area contributed by atoms with Crippen molar-refractivity contribution in [2.45, 2.75) is 13.5 Å². The zero-order chi connectivity index (χ0) is 14.3. The average molecular weight is 290 g/mol. The SMILES string of the molecule is CC[n+]1c(C(=O)CCl)c(O)n2c3cccccc3cc21. The molecule has 0 amide bonds. The van der Waals surface area contributed by atoms with Gasteiger partial charge in [-0.05, 0) is 13.0 Å². The molecule has 3 aromatic rings. The number of Topliss-reactive ketones (excluding diaryl/α,β-unsaturated/α-hetero) is 1. The molecular formula is C15H14ClN2O2+. The van der Waals surface area contributed by atoms with Crippen LogP contribution >= 0.6 is 11.6 Å². The van der Waals surface area contributed by atoms with E-state index in [1.807, 2.05) is 43.3 Å². The number of alkyl halides is 1. The highest BCUT2D eigenvalue weighted by Gasteiger charge is 2.31. The first kappa shape index (κ1) is 12.9. The summed E-state index contributed by atoms with van der Waals surface area (Å²) >= 11 is 5.64. The Hall–Kier alpha value is -2.07. The molecule has 0 saturated heterocycles. The van der Waals surface area contributed by atoms with Crippen LogP contribution in [0.1, 0.15) is 17.4 Å². The second-order valence-electron chi connectivity index (χ2n) is 4.56. The maximum atomic E-state index is 12.0. The Kier molecular flexibility index (Phi) is 3.10. The van der Waals surface area contributed by atoms with Gasteiger partial charge in [-0.1, -0.05) is 24.3 Å². The van der Waals surface area contributed by atoms with Gasteiger partial charge in [0.15, 0.2) is 0 Å². The first-order chi connectivity index (χ1) is 9.69. The van der Waals surface area contributed by atoms with E-state index < -0.39 is 0 Å². The van der Waals surface area contributed by atoms with Crippen LogP contribution in [0.4, 0.5) is 0 Å². The van der Waals surface area contributed by atoms with E-state index in [9.17, 15) is 9.90 Å². The number of aromatic hydroxyl groups is 1. The molecule has 20 heavy (non-hydrogen) atoms. The molecule has 4 nitrogen and oxygen atoms in total. The van der Waals surface area contributed by atoms with Crippen LogP contribution in [-0.2, 0) is 6.54 Å². The van der Waals surface area contributed by atoms with Crippen LogP contribution in [0.15, 0.2) is 36.4 Å². The zero-order valence-corrected chi connectivity index (χ0v) is 11.8. The number of hydrogen-bond acceptors (Lipinski definition) is 2. The maximum Gasteiger partial charge on any atom is 0.339 e. The van der Waals surface area contributed by atoms with Gasteiger partial charge in [0, 0.05) is 11.5 Å². The van der Waals surface area contributed by atoms with Crippen LogP contribution in [0.3, 0.4) is 0 Å². The highest BCUT2D eigenvalue weighted by Crippen LogP contribution is 2.26. The van der Waals surface area contributed by atoms with Gasteiger partial charge in [0.2, 0.25) is 5.78 Å². The quantitative estimate of drug-likeness (QED) is 0.457. The third-order valence-electron chi connectivity index (χ3n) is 3.47. The summed E-state index contributed by atoms with van der Waals surface area (Å²) in [5.74, 6) is -0.469. The van der Waals surface area contributed by atoms with Crippen LogP contribution in [0, 0.1) is 0 Å². The Morgan fingerprint density at radius 2 is 2.10 bits per heavy atom. The van der Waals surface area contributed by atoms with E-state index in [1.165, 1.54) is 0 Å². The molecule has 0 unspecified atom stereocenters. The van der Waals surface area contributed by atoms with E-state index in [-0.39, 0.29) is 23.2 Å². The highest BCUT2D eigenvalue weighted by molar-refractivity contribution is 6.30. The topological polar surface area (TPSA) is 45.6 Å². The minimum Gasteiger partial charge on any atom is -0.474 e. The van der Waals surface area contributed by atoms with Gasteiger partial charge < -0.3 is 5.11 Å². The van der Waals surface area contributed by atoms with Crippen LogP contribution in [0.5, 0.6) is 5.88 Å². The third kappa shape index (κ3) is 1.68. The number of ketones is 1.